The lowest BCUT2D eigenvalue weighted by Gasteiger charge is -2.05. The molecule has 2 heteroatoms. The molecule has 0 radical (unpaired) electrons. The Bertz CT molecular complexity index is 240. The molecule has 0 fully saturated rings. The minimum atomic E-state index is 0. The van der Waals surface area contributed by atoms with Gasteiger partial charge in [-0.1, -0.05) is 115 Å². The van der Waals surface area contributed by atoms with E-state index in [2.05, 4.69) is 25.7 Å². The topological polar surface area (TPSA) is 12.0 Å². The van der Waals surface area contributed by atoms with Crippen molar-refractivity contribution in [3.05, 3.63) is 12.2 Å². The lowest BCUT2D eigenvalue weighted by atomic mass is 10.0. The van der Waals surface area contributed by atoms with Gasteiger partial charge in [0.1, 0.15) is 0 Å². The van der Waals surface area contributed by atoms with E-state index in [0.29, 0.717) is 0 Å². The molecule has 0 unspecified atom stereocenters. The van der Waals surface area contributed by atoms with Gasteiger partial charge in [-0.05, 0) is 19.9 Å². The summed E-state index contributed by atoms with van der Waals surface area (Å²) in [5, 5.41) is 3.43. The van der Waals surface area contributed by atoms with Crippen LogP contribution in [0, 0.1) is 0 Å². The standard InChI is InChI=1S/C22H45N.ClH/c1-4-5-6-7-8-9-10-11-12-13-14-15-16-17-18-19-20-23-21-22(2)3;/h23H,2,4-21H2,1,3H3;1H. The van der Waals surface area contributed by atoms with Crippen molar-refractivity contribution in [3.8, 4) is 0 Å². The molecule has 0 heterocycles. The summed E-state index contributed by atoms with van der Waals surface area (Å²) in [4.78, 5) is 0. The van der Waals surface area contributed by atoms with Gasteiger partial charge in [0.05, 0.1) is 0 Å². The zero-order chi connectivity index (χ0) is 17.0. The molecule has 1 N–H and O–H groups in total. The quantitative estimate of drug-likeness (QED) is 0.183. The van der Waals surface area contributed by atoms with Crippen LogP contribution in [0.5, 0.6) is 0 Å². The molecule has 1 nitrogen and oxygen atoms in total. The predicted molar refractivity (Wildman–Crippen MR) is 114 cm³/mol. The van der Waals surface area contributed by atoms with E-state index in [0.717, 1.165) is 13.1 Å². The van der Waals surface area contributed by atoms with Crippen molar-refractivity contribution in [1.82, 2.24) is 5.32 Å². The zero-order valence-corrected chi connectivity index (χ0v) is 17.7. The Hall–Kier alpha value is -0.0100. The Kier molecular flexibility index (Phi) is 25.1. The van der Waals surface area contributed by atoms with Gasteiger partial charge in [-0.15, -0.1) is 12.4 Å². The molecule has 0 bridgehead atoms. The highest BCUT2D eigenvalue weighted by molar-refractivity contribution is 5.85. The van der Waals surface area contributed by atoms with Crippen molar-refractivity contribution in [2.24, 2.45) is 0 Å². The number of halogens is 1. The molecule has 0 aromatic carbocycles. The second kappa shape index (κ2) is 23.0. The van der Waals surface area contributed by atoms with Crippen molar-refractivity contribution in [2.45, 2.75) is 117 Å². The first-order valence-electron chi connectivity index (χ1n) is 10.6. The first-order chi connectivity index (χ1) is 11.3. The molecule has 0 atom stereocenters. The van der Waals surface area contributed by atoms with Gasteiger partial charge < -0.3 is 5.32 Å². The van der Waals surface area contributed by atoms with E-state index in [1.165, 1.54) is 108 Å². The second-order valence-electron chi connectivity index (χ2n) is 7.44. The van der Waals surface area contributed by atoms with E-state index in [9.17, 15) is 0 Å². The summed E-state index contributed by atoms with van der Waals surface area (Å²) in [6, 6.07) is 0. The highest BCUT2D eigenvalue weighted by Gasteiger charge is 1.94. The highest BCUT2D eigenvalue weighted by Crippen LogP contribution is 2.13. The third kappa shape index (κ3) is 24.2. The van der Waals surface area contributed by atoms with Gasteiger partial charge in [-0.2, -0.15) is 0 Å². The SMILES string of the molecule is C=C(C)CNCCCCCCCCCCCCCCCCCC.Cl. The third-order valence-corrected chi connectivity index (χ3v) is 4.63. The van der Waals surface area contributed by atoms with Gasteiger partial charge in [0.15, 0.2) is 0 Å². The van der Waals surface area contributed by atoms with Crippen LogP contribution in [-0.2, 0) is 0 Å². The zero-order valence-electron chi connectivity index (χ0n) is 16.8. The Balaban J connectivity index is 0. The van der Waals surface area contributed by atoms with Crippen LogP contribution in [0.3, 0.4) is 0 Å². The molecule has 0 aliphatic carbocycles. The molecule has 0 aliphatic heterocycles. The van der Waals surface area contributed by atoms with E-state index in [1.807, 2.05) is 0 Å². The molecule has 0 rings (SSSR count). The van der Waals surface area contributed by atoms with Crippen LogP contribution in [0.2, 0.25) is 0 Å². The van der Waals surface area contributed by atoms with Crippen LogP contribution in [-0.4, -0.2) is 13.1 Å². The van der Waals surface area contributed by atoms with Gasteiger partial charge in [0.25, 0.3) is 0 Å². The van der Waals surface area contributed by atoms with Crippen LogP contribution in [0.1, 0.15) is 117 Å². The maximum atomic E-state index is 3.91. The molecule has 0 spiro atoms. The predicted octanol–water partition coefficient (Wildman–Crippen LogP) is 7.84. The highest BCUT2D eigenvalue weighted by atomic mass is 35.5. The van der Waals surface area contributed by atoms with Gasteiger partial charge in [0, 0.05) is 6.54 Å². The average Bonchev–Trinajstić information content (AvgIpc) is 2.53. The number of hydrogen-bond acceptors (Lipinski definition) is 1. The van der Waals surface area contributed by atoms with Crippen LogP contribution in [0.25, 0.3) is 0 Å². The summed E-state index contributed by atoms with van der Waals surface area (Å²) in [7, 11) is 0. The summed E-state index contributed by atoms with van der Waals surface area (Å²) in [6.45, 7) is 10.4. The molecule has 24 heavy (non-hydrogen) atoms. The number of rotatable bonds is 19. The second-order valence-corrected chi connectivity index (χ2v) is 7.44. The molecule has 0 aliphatic rings. The van der Waals surface area contributed by atoms with Crippen molar-refractivity contribution in [2.75, 3.05) is 13.1 Å². The minimum Gasteiger partial charge on any atom is -0.313 e. The van der Waals surface area contributed by atoms with Crippen molar-refractivity contribution >= 4 is 12.4 Å². The average molecular weight is 360 g/mol. The molecule has 0 saturated carbocycles. The maximum absolute atomic E-state index is 3.91. The molecule has 146 valence electrons. The van der Waals surface area contributed by atoms with Gasteiger partial charge >= 0.3 is 0 Å². The lowest BCUT2D eigenvalue weighted by Crippen LogP contribution is -2.16. The minimum absolute atomic E-state index is 0. The molecular weight excluding hydrogens is 314 g/mol. The van der Waals surface area contributed by atoms with E-state index in [4.69, 9.17) is 0 Å². The Morgan fingerprint density at radius 1 is 0.625 bits per heavy atom. The molecule has 0 aromatic heterocycles. The van der Waals surface area contributed by atoms with Crippen LogP contribution in [0.15, 0.2) is 12.2 Å². The number of nitrogens with one attached hydrogen (secondary N) is 1. The van der Waals surface area contributed by atoms with Crippen molar-refractivity contribution in [1.29, 1.82) is 0 Å². The van der Waals surface area contributed by atoms with Gasteiger partial charge in [-0.3, -0.25) is 0 Å². The Morgan fingerprint density at radius 3 is 1.29 bits per heavy atom. The third-order valence-electron chi connectivity index (χ3n) is 4.63. The number of hydrogen-bond donors (Lipinski definition) is 1. The van der Waals surface area contributed by atoms with E-state index >= 15 is 0 Å². The first-order valence-corrected chi connectivity index (χ1v) is 10.6. The Labute approximate surface area is 159 Å². The van der Waals surface area contributed by atoms with E-state index in [1.54, 1.807) is 0 Å². The smallest absolute Gasteiger partial charge is 0.0159 e. The molecule has 0 aromatic rings. The maximum Gasteiger partial charge on any atom is 0.0159 e. The fourth-order valence-electron chi connectivity index (χ4n) is 3.10. The summed E-state index contributed by atoms with van der Waals surface area (Å²) in [6.07, 6.45) is 23.1. The largest absolute Gasteiger partial charge is 0.313 e. The normalized spacial score (nSPS) is 10.6. The Morgan fingerprint density at radius 2 is 0.958 bits per heavy atom. The molecule has 0 saturated heterocycles. The lowest BCUT2D eigenvalue weighted by molar-refractivity contribution is 0.527. The summed E-state index contributed by atoms with van der Waals surface area (Å²) >= 11 is 0. The van der Waals surface area contributed by atoms with E-state index < -0.39 is 0 Å². The van der Waals surface area contributed by atoms with Gasteiger partial charge in [-0.25, -0.2) is 0 Å². The fraction of sp³-hybridized carbons (Fsp3) is 0.909. The first kappa shape index (κ1) is 26.2. The summed E-state index contributed by atoms with van der Waals surface area (Å²) < 4.78 is 0. The van der Waals surface area contributed by atoms with Crippen LogP contribution in [0.4, 0.5) is 0 Å². The summed E-state index contributed by atoms with van der Waals surface area (Å²) in [5.74, 6) is 0. The van der Waals surface area contributed by atoms with Crippen LogP contribution >= 0.6 is 12.4 Å². The van der Waals surface area contributed by atoms with Crippen molar-refractivity contribution in [3.63, 3.8) is 0 Å². The summed E-state index contributed by atoms with van der Waals surface area (Å²) in [5.41, 5.74) is 1.24. The molecular formula is C22H46ClN. The fourth-order valence-corrected chi connectivity index (χ4v) is 3.10. The molecule has 0 amide bonds. The number of unbranched alkanes of at least 4 members (excludes halogenated alkanes) is 15. The van der Waals surface area contributed by atoms with Gasteiger partial charge in [0.2, 0.25) is 0 Å². The van der Waals surface area contributed by atoms with Crippen molar-refractivity contribution < 1.29 is 0 Å². The monoisotopic (exact) mass is 359 g/mol. The van der Waals surface area contributed by atoms with E-state index in [-0.39, 0.29) is 12.4 Å². The van der Waals surface area contributed by atoms with Crippen LogP contribution < -0.4 is 5.32 Å².